The minimum atomic E-state index is -0.527. The van der Waals surface area contributed by atoms with Crippen molar-refractivity contribution in [2.45, 2.75) is 25.8 Å². The van der Waals surface area contributed by atoms with Crippen LogP contribution in [-0.2, 0) is 9.53 Å². The van der Waals surface area contributed by atoms with Gasteiger partial charge < -0.3 is 20.5 Å². The Bertz CT molecular complexity index is 715. The standard InChI is InChI=1S/C18H22N4O3/c1-12-6-9-20-18(21-12)25-15-4-2-14(3-5-15)22-17(23)16(19)13-7-10-24-11-8-13/h2-6,9,13,16H,7-8,10-11,19H2,1H3,(H,22,23). The third kappa shape index (κ3) is 4.74. The maximum absolute atomic E-state index is 12.3. The fourth-order valence-corrected chi connectivity index (χ4v) is 2.70. The molecule has 1 fully saturated rings. The van der Waals surface area contributed by atoms with E-state index < -0.39 is 6.04 Å². The Kier molecular flexibility index (Phi) is 5.57. The molecule has 1 atom stereocenters. The maximum Gasteiger partial charge on any atom is 0.322 e. The number of rotatable bonds is 5. The van der Waals surface area contributed by atoms with Gasteiger partial charge in [0.05, 0.1) is 6.04 Å². The lowest BCUT2D eigenvalue weighted by atomic mass is 9.92. The lowest BCUT2D eigenvalue weighted by Gasteiger charge is -2.26. The van der Waals surface area contributed by atoms with E-state index in [4.69, 9.17) is 15.2 Å². The van der Waals surface area contributed by atoms with E-state index in [2.05, 4.69) is 15.3 Å². The zero-order valence-electron chi connectivity index (χ0n) is 14.1. The van der Waals surface area contributed by atoms with E-state index in [1.807, 2.05) is 6.92 Å². The molecule has 2 aromatic rings. The number of benzene rings is 1. The van der Waals surface area contributed by atoms with Gasteiger partial charge >= 0.3 is 6.01 Å². The molecule has 1 amide bonds. The molecule has 3 N–H and O–H groups in total. The van der Waals surface area contributed by atoms with Crippen LogP contribution in [0.1, 0.15) is 18.5 Å². The second kappa shape index (κ2) is 8.04. The van der Waals surface area contributed by atoms with Crippen molar-refractivity contribution in [2.24, 2.45) is 11.7 Å². The second-order valence-corrected chi connectivity index (χ2v) is 6.07. The largest absolute Gasteiger partial charge is 0.424 e. The lowest BCUT2D eigenvalue weighted by Crippen LogP contribution is -2.43. The van der Waals surface area contributed by atoms with Crippen molar-refractivity contribution >= 4 is 11.6 Å². The summed E-state index contributed by atoms with van der Waals surface area (Å²) in [5.74, 6) is 0.578. The molecule has 1 saturated heterocycles. The van der Waals surface area contributed by atoms with E-state index in [-0.39, 0.29) is 11.8 Å². The highest BCUT2D eigenvalue weighted by molar-refractivity contribution is 5.94. The van der Waals surface area contributed by atoms with Crippen molar-refractivity contribution in [3.05, 3.63) is 42.2 Å². The third-order valence-corrected chi connectivity index (χ3v) is 4.18. The lowest BCUT2D eigenvalue weighted by molar-refractivity contribution is -0.119. The maximum atomic E-state index is 12.3. The van der Waals surface area contributed by atoms with Crippen molar-refractivity contribution in [2.75, 3.05) is 18.5 Å². The molecule has 1 aliphatic rings. The van der Waals surface area contributed by atoms with Crippen LogP contribution in [0.5, 0.6) is 11.8 Å². The normalized spacial score (nSPS) is 16.2. The van der Waals surface area contributed by atoms with Crippen molar-refractivity contribution in [3.8, 4) is 11.8 Å². The van der Waals surface area contributed by atoms with Gasteiger partial charge in [-0.2, -0.15) is 0 Å². The monoisotopic (exact) mass is 342 g/mol. The zero-order valence-corrected chi connectivity index (χ0v) is 14.1. The summed E-state index contributed by atoms with van der Waals surface area (Å²) in [6.45, 7) is 3.20. The first-order valence-corrected chi connectivity index (χ1v) is 8.33. The summed E-state index contributed by atoms with van der Waals surface area (Å²) in [5, 5.41) is 2.85. The molecule has 2 heterocycles. The number of carbonyl (C=O) groups excluding carboxylic acids is 1. The third-order valence-electron chi connectivity index (χ3n) is 4.18. The number of anilines is 1. The quantitative estimate of drug-likeness (QED) is 0.865. The van der Waals surface area contributed by atoms with E-state index in [0.717, 1.165) is 18.5 Å². The van der Waals surface area contributed by atoms with Crippen LogP contribution in [0.15, 0.2) is 36.5 Å². The molecule has 132 valence electrons. The Morgan fingerprint density at radius 2 is 2.00 bits per heavy atom. The first kappa shape index (κ1) is 17.3. The number of carbonyl (C=O) groups is 1. The van der Waals surface area contributed by atoms with Crippen LogP contribution in [0, 0.1) is 12.8 Å². The Morgan fingerprint density at radius 1 is 1.28 bits per heavy atom. The predicted molar refractivity (Wildman–Crippen MR) is 93.4 cm³/mol. The van der Waals surface area contributed by atoms with Crippen LogP contribution >= 0.6 is 0 Å². The SMILES string of the molecule is Cc1ccnc(Oc2ccc(NC(=O)C(N)C3CCOCC3)cc2)n1. The number of ether oxygens (including phenoxy) is 2. The van der Waals surface area contributed by atoms with Crippen LogP contribution in [0.2, 0.25) is 0 Å². The number of aryl methyl sites for hydroxylation is 1. The van der Waals surface area contributed by atoms with Crippen LogP contribution in [0.4, 0.5) is 5.69 Å². The molecule has 7 heteroatoms. The number of aromatic nitrogens is 2. The summed E-state index contributed by atoms with van der Waals surface area (Å²) in [4.78, 5) is 20.5. The van der Waals surface area contributed by atoms with Crippen LogP contribution in [0.25, 0.3) is 0 Å². The number of hydrogen-bond acceptors (Lipinski definition) is 6. The highest BCUT2D eigenvalue weighted by Gasteiger charge is 2.26. The van der Waals surface area contributed by atoms with Crippen LogP contribution < -0.4 is 15.8 Å². The predicted octanol–water partition coefficient (Wildman–Crippen LogP) is 2.27. The number of hydrogen-bond donors (Lipinski definition) is 2. The molecule has 0 spiro atoms. The molecule has 3 rings (SSSR count). The van der Waals surface area contributed by atoms with Gasteiger partial charge in [0.15, 0.2) is 0 Å². The molecule has 0 radical (unpaired) electrons. The number of nitrogens with one attached hydrogen (secondary N) is 1. The fraction of sp³-hybridized carbons (Fsp3) is 0.389. The van der Waals surface area contributed by atoms with Crippen molar-refractivity contribution < 1.29 is 14.3 Å². The first-order chi connectivity index (χ1) is 12.1. The van der Waals surface area contributed by atoms with Gasteiger partial charge in [-0.15, -0.1) is 0 Å². The molecule has 1 aliphatic heterocycles. The summed E-state index contributed by atoms with van der Waals surface area (Å²) in [6, 6.07) is 8.59. The average Bonchev–Trinajstić information content (AvgIpc) is 2.63. The van der Waals surface area contributed by atoms with Gasteiger partial charge in [0.25, 0.3) is 0 Å². The van der Waals surface area contributed by atoms with E-state index in [1.54, 1.807) is 36.5 Å². The summed E-state index contributed by atoms with van der Waals surface area (Å²) in [7, 11) is 0. The van der Waals surface area contributed by atoms with Gasteiger partial charge in [-0.1, -0.05) is 0 Å². The summed E-state index contributed by atoms with van der Waals surface area (Å²) >= 11 is 0. The second-order valence-electron chi connectivity index (χ2n) is 6.07. The van der Waals surface area contributed by atoms with Gasteiger partial charge in [0.1, 0.15) is 5.75 Å². The molecule has 1 unspecified atom stereocenters. The molecule has 0 aliphatic carbocycles. The van der Waals surface area contributed by atoms with Gasteiger partial charge in [0, 0.05) is 30.8 Å². The van der Waals surface area contributed by atoms with Crippen LogP contribution in [-0.4, -0.2) is 35.1 Å². The molecular weight excluding hydrogens is 320 g/mol. The first-order valence-electron chi connectivity index (χ1n) is 8.33. The average molecular weight is 342 g/mol. The topological polar surface area (TPSA) is 99.4 Å². The minimum Gasteiger partial charge on any atom is -0.424 e. The van der Waals surface area contributed by atoms with E-state index in [1.165, 1.54) is 0 Å². The molecule has 1 aromatic carbocycles. The number of nitrogens with zero attached hydrogens (tertiary/aromatic N) is 2. The summed E-state index contributed by atoms with van der Waals surface area (Å²) in [5.41, 5.74) is 7.58. The molecule has 7 nitrogen and oxygen atoms in total. The molecular formula is C18H22N4O3. The van der Waals surface area contributed by atoms with Crippen LogP contribution in [0.3, 0.4) is 0 Å². The highest BCUT2D eigenvalue weighted by atomic mass is 16.5. The van der Waals surface area contributed by atoms with Gasteiger partial charge in [-0.05, 0) is 56.0 Å². The van der Waals surface area contributed by atoms with E-state index in [0.29, 0.717) is 30.7 Å². The molecule has 25 heavy (non-hydrogen) atoms. The Morgan fingerprint density at radius 3 is 2.68 bits per heavy atom. The Labute approximate surface area is 146 Å². The fourth-order valence-electron chi connectivity index (χ4n) is 2.70. The van der Waals surface area contributed by atoms with Gasteiger partial charge in [-0.25, -0.2) is 9.97 Å². The smallest absolute Gasteiger partial charge is 0.322 e. The molecule has 0 bridgehead atoms. The van der Waals surface area contributed by atoms with Crippen molar-refractivity contribution in [1.29, 1.82) is 0 Å². The minimum absolute atomic E-state index is 0.162. The van der Waals surface area contributed by atoms with Gasteiger partial charge in [0.2, 0.25) is 5.91 Å². The molecule has 0 saturated carbocycles. The summed E-state index contributed by atoms with van der Waals surface area (Å²) in [6.07, 6.45) is 3.28. The Hall–Kier alpha value is -2.51. The van der Waals surface area contributed by atoms with Gasteiger partial charge in [-0.3, -0.25) is 4.79 Å². The van der Waals surface area contributed by atoms with E-state index >= 15 is 0 Å². The van der Waals surface area contributed by atoms with Crippen molar-refractivity contribution in [3.63, 3.8) is 0 Å². The summed E-state index contributed by atoms with van der Waals surface area (Å²) < 4.78 is 10.9. The number of amides is 1. The molecule has 1 aromatic heterocycles. The zero-order chi connectivity index (χ0) is 17.6. The van der Waals surface area contributed by atoms with Crippen molar-refractivity contribution in [1.82, 2.24) is 9.97 Å². The Balaban J connectivity index is 1.57. The number of nitrogens with two attached hydrogens (primary N) is 1. The highest BCUT2D eigenvalue weighted by Crippen LogP contribution is 2.22. The van der Waals surface area contributed by atoms with E-state index in [9.17, 15) is 4.79 Å².